The first kappa shape index (κ1) is 18.0. The van der Waals surface area contributed by atoms with Gasteiger partial charge in [-0.1, -0.05) is 12.1 Å². The van der Waals surface area contributed by atoms with E-state index in [1.807, 2.05) is 0 Å². The van der Waals surface area contributed by atoms with Crippen LogP contribution in [0.3, 0.4) is 0 Å². The van der Waals surface area contributed by atoms with Crippen molar-refractivity contribution in [2.45, 2.75) is 26.9 Å². The highest BCUT2D eigenvalue weighted by Gasteiger charge is 2.35. The second-order valence-electron chi connectivity index (χ2n) is 4.69. The van der Waals surface area contributed by atoms with Crippen LogP contribution in [0.4, 0.5) is 18.9 Å². The van der Waals surface area contributed by atoms with E-state index in [1.54, 1.807) is 13.8 Å². The molecule has 0 bridgehead atoms. The molecule has 0 radical (unpaired) electrons. The molecule has 7 heteroatoms. The van der Waals surface area contributed by atoms with Crippen LogP contribution in [0.25, 0.3) is 0 Å². The van der Waals surface area contributed by atoms with Gasteiger partial charge in [0.05, 0.1) is 11.3 Å². The summed E-state index contributed by atoms with van der Waals surface area (Å²) in [5.74, 6) is -1.01. The summed E-state index contributed by atoms with van der Waals surface area (Å²) >= 11 is 0. The molecule has 122 valence electrons. The third-order valence-corrected chi connectivity index (χ3v) is 3.29. The lowest BCUT2D eigenvalue weighted by Gasteiger charge is -2.27. The van der Waals surface area contributed by atoms with Crippen molar-refractivity contribution >= 4 is 17.5 Å². The molecule has 1 aromatic carbocycles. The molecule has 0 heterocycles. The largest absolute Gasteiger partial charge is 0.418 e. The van der Waals surface area contributed by atoms with Gasteiger partial charge in [0, 0.05) is 20.0 Å². The first-order valence-corrected chi connectivity index (χ1v) is 6.94. The van der Waals surface area contributed by atoms with Crippen molar-refractivity contribution in [3.63, 3.8) is 0 Å². The molecule has 0 aliphatic heterocycles. The summed E-state index contributed by atoms with van der Waals surface area (Å²) in [4.78, 5) is 26.2. The van der Waals surface area contributed by atoms with Crippen LogP contribution >= 0.6 is 0 Å². The van der Waals surface area contributed by atoms with Crippen LogP contribution in [0.15, 0.2) is 24.3 Å². The van der Waals surface area contributed by atoms with Crippen molar-refractivity contribution < 1.29 is 22.8 Å². The van der Waals surface area contributed by atoms with Crippen LogP contribution < -0.4 is 4.90 Å². The number of hydrogen-bond donors (Lipinski definition) is 0. The minimum atomic E-state index is -4.59. The van der Waals surface area contributed by atoms with Crippen LogP contribution in [-0.2, 0) is 15.8 Å². The molecular formula is C15H19F3N2O2. The van der Waals surface area contributed by atoms with E-state index in [2.05, 4.69) is 0 Å². The molecule has 4 nitrogen and oxygen atoms in total. The fourth-order valence-electron chi connectivity index (χ4n) is 2.13. The van der Waals surface area contributed by atoms with E-state index in [9.17, 15) is 22.8 Å². The van der Waals surface area contributed by atoms with Gasteiger partial charge in [-0.3, -0.25) is 9.59 Å². The lowest BCUT2D eigenvalue weighted by atomic mass is 10.1. The van der Waals surface area contributed by atoms with E-state index in [4.69, 9.17) is 0 Å². The Bertz CT molecular complexity index is 540. The van der Waals surface area contributed by atoms with Gasteiger partial charge in [-0.25, -0.2) is 0 Å². The van der Waals surface area contributed by atoms with E-state index in [1.165, 1.54) is 23.1 Å². The van der Waals surface area contributed by atoms with Crippen LogP contribution in [0.1, 0.15) is 26.3 Å². The zero-order chi connectivity index (χ0) is 16.9. The lowest BCUT2D eigenvalue weighted by molar-refractivity contribution is -0.137. The van der Waals surface area contributed by atoms with Gasteiger partial charge in [0.25, 0.3) is 0 Å². The number of amides is 2. The number of nitrogens with zero attached hydrogens (tertiary/aromatic N) is 2. The topological polar surface area (TPSA) is 40.6 Å². The van der Waals surface area contributed by atoms with E-state index in [-0.39, 0.29) is 5.69 Å². The molecule has 0 fully saturated rings. The predicted octanol–water partition coefficient (Wildman–Crippen LogP) is 2.93. The molecule has 0 saturated heterocycles. The first-order valence-electron chi connectivity index (χ1n) is 6.94. The van der Waals surface area contributed by atoms with Gasteiger partial charge in [-0.2, -0.15) is 13.2 Å². The Balaban J connectivity index is 3.18. The Morgan fingerprint density at radius 2 is 1.64 bits per heavy atom. The van der Waals surface area contributed by atoms with E-state index in [0.717, 1.165) is 17.9 Å². The summed E-state index contributed by atoms with van der Waals surface area (Å²) < 4.78 is 39.2. The molecule has 0 spiro atoms. The fourth-order valence-corrected chi connectivity index (χ4v) is 2.13. The van der Waals surface area contributed by atoms with Crippen molar-refractivity contribution in [2.24, 2.45) is 0 Å². The number of halogens is 3. The van der Waals surface area contributed by atoms with E-state index >= 15 is 0 Å². The second-order valence-corrected chi connectivity index (χ2v) is 4.69. The predicted molar refractivity (Wildman–Crippen MR) is 77.4 cm³/mol. The summed E-state index contributed by atoms with van der Waals surface area (Å²) in [5, 5.41) is 0. The van der Waals surface area contributed by atoms with Gasteiger partial charge >= 0.3 is 6.18 Å². The van der Waals surface area contributed by atoms with Crippen LogP contribution in [0, 0.1) is 0 Å². The Morgan fingerprint density at radius 1 is 1.09 bits per heavy atom. The fraction of sp³-hybridized carbons (Fsp3) is 0.467. The summed E-state index contributed by atoms with van der Waals surface area (Å²) in [5.41, 5.74) is -1.24. The van der Waals surface area contributed by atoms with Gasteiger partial charge < -0.3 is 9.80 Å². The maximum atomic E-state index is 13.1. The zero-order valence-electron chi connectivity index (χ0n) is 12.8. The average molecular weight is 316 g/mol. The minimum absolute atomic E-state index is 0.303. The van der Waals surface area contributed by atoms with Gasteiger partial charge in [0.1, 0.15) is 6.54 Å². The SMILES string of the molecule is CCN(CC)C(=O)CN(C(C)=O)c1ccccc1C(F)(F)F. The number of rotatable bonds is 5. The highest BCUT2D eigenvalue weighted by Crippen LogP contribution is 2.36. The quantitative estimate of drug-likeness (QED) is 0.838. The van der Waals surface area contributed by atoms with Crippen LogP contribution in [0.5, 0.6) is 0 Å². The monoisotopic (exact) mass is 316 g/mol. The number of anilines is 1. The summed E-state index contributed by atoms with van der Waals surface area (Å²) in [6, 6.07) is 4.74. The summed E-state index contributed by atoms with van der Waals surface area (Å²) in [6.45, 7) is 5.13. The number of hydrogen-bond acceptors (Lipinski definition) is 2. The smallest absolute Gasteiger partial charge is 0.342 e. The van der Waals surface area contributed by atoms with E-state index < -0.39 is 30.1 Å². The lowest BCUT2D eigenvalue weighted by Crippen LogP contribution is -2.42. The Kier molecular flexibility index (Phi) is 5.96. The molecule has 0 N–H and O–H groups in total. The number of carbonyl (C=O) groups is 2. The molecule has 22 heavy (non-hydrogen) atoms. The Morgan fingerprint density at radius 3 is 2.09 bits per heavy atom. The normalized spacial score (nSPS) is 11.2. The van der Waals surface area contributed by atoms with Crippen molar-refractivity contribution in [3.05, 3.63) is 29.8 Å². The molecule has 0 aliphatic rings. The number of benzene rings is 1. The number of likely N-dealkylation sites (N-methyl/N-ethyl adjacent to an activating group) is 1. The highest BCUT2D eigenvalue weighted by atomic mass is 19.4. The number of alkyl halides is 3. The molecule has 1 aromatic rings. The molecule has 0 aliphatic carbocycles. The summed E-state index contributed by atoms with van der Waals surface area (Å²) in [7, 11) is 0. The molecule has 0 saturated carbocycles. The highest BCUT2D eigenvalue weighted by molar-refractivity contribution is 5.98. The molecular weight excluding hydrogens is 297 g/mol. The third-order valence-electron chi connectivity index (χ3n) is 3.29. The van der Waals surface area contributed by atoms with Crippen molar-refractivity contribution in [3.8, 4) is 0 Å². The molecule has 0 aromatic heterocycles. The minimum Gasteiger partial charge on any atom is -0.342 e. The van der Waals surface area contributed by atoms with Crippen molar-refractivity contribution in [1.82, 2.24) is 4.90 Å². The molecule has 0 atom stereocenters. The average Bonchev–Trinajstić information content (AvgIpc) is 2.45. The Hall–Kier alpha value is -2.05. The van der Waals surface area contributed by atoms with E-state index in [0.29, 0.717) is 13.1 Å². The third kappa shape index (κ3) is 4.22. The first-order chi connectivity index (χ1) is 10.2. The zero-order valence-corrected chi connectivity index (χ0v) is 12.8. The van der Waals surface area contributed by atoms with Crippen molar-refractivity contribution in [1.29, 1.82) is 0 Å². The maximum Gasteiger partial charge on any atom is 0.418 e. The number of carbonyl (C=O) groups excluding carboxylic acids is 2. The Labute approximate surface area is 127 Å². The van der Waals surface area contributed by atoms with Gasteiger partial charge in [0.2, 0.25) is 11.8 Å². The molecule has 1 rings (SSSR count). The van der Waals surface area contributed by atoms with Gasteiger partial charge in [-0.15, -0.1) is 0 Å². The maximum absolute atomic E-state index is 13.1. The summed E-state index contributed by atoms with van der Waals surface area (Å²) in [6.07, 6.45) is -4.59. The second kappa shape index (κ2) is 7.29. The van der Waals surface area contributed by atoms with Gasteiger partial charge in [-0.05, 0) is 26.0 Å². The molecule has 0 unspecified atom stereocenters. The van der Waals surface area contributed by atoms with Crippen LogP contribution in [-0.4, -0.2) is 36.3 Å². The van der Waals surface area contributed by atoms with Crippen LogP contribution in [0.2, 0.25) is 0 Å². The molecule has 2 amide bonds. The van der Waals surface area contributed by atoms with Gasteiger partial charge in [0.15, 0.2) is 0 Å². The standard InChI is InChI=1S/C15H19F3N2O2/c1-4-19(5-2)14(22)10-20(11(3)21)13-9-7-6-8-12(13)15(16,17)18/h6-9H,4-5,10H2,1-3H3. The van der Waals surface area contributed by atoms with Crippen molar-refractivity contribution in [2.75, 3.05) is 24.5 Å². The number of para-hydroxylation sites is 1.